The van der Waals surface area contributed by atoms with Gasteiger partial charge in [0.15, 0.2) is 0 Å². The largest absolute Gasteiger partial charge is 0.341 e. The van der Waals surface area contributed by atoms with Gasteiger partial charge in [-0.2, -0.15) is 0 Å². The van der Waals surface area contributed by atoms with E-state index < -0.39 is 0 Å². The van der Waals surface area contributed by atoms with Gasteiger partial charge in [-0.05, 0) is 31.2 Å². The van der Waals surface area contributed by atoms with Crippen molar-refractivity contribution in [3.63, 3.8) is 0 Å². The average Bonchev–Trinajstić information content (AvgIpc) is 2.75. The Hall–Kier alpha value is -0.520. The van der Waals surface area contributed by atoms with Crippen LogP contribution in [-0.2, 0) is 11.3 Å². The van der Waals surface area contributed by atoms with Crippen molar-refractivity contribution in [2.24, 2.45) is 5.92 Å². The molecule has 0 bridgehead atoms. The van der Waals surface area contributed by atoms with Gasteiger partial charge >= 0.3 is 0 Å². The lowest BCUT2D eigenvalue weighted by molar-refractivity contribution is -0.134. The third kappa shape index (κ3) is 7.16. The number of hydrogen-bond donors (Lipinski definition) is 1. The van der Waals surface area contributed by atoms with E-state index in [4.69, 9.17) is 11.6 Å². The number of amides is 1. The molecular weight excluding hydrogens is 369 g/mol. The van der Waals surface area contributed by atoms with Crippen molar-refractivity contribution in [2.45, 2.75) is 19.9 Å². The van der Waals surface area contributed by atoms with E-state index in [9.17, 15) is 4.79 Å². The van der Waals surface area contributed by atoms with E-state index in [1.54, 1.807) is 0 Å². The van der Waals surface area contributed by atoms with Gasteiger partial charge < -0.3 is 10.2 Å². The minimum atomic E-state index is 0. The summed E-state index contributed by atoms with van der Waals surface area (Å²) in [6, 6.07) is 8.02. The van der Waals surface area contributed by atoms with Crippen molar-refractivity contribution < 1.29 is 4.79 Å². The molecule has 0 radical (unpaired) electrons. The Balaban J connectivity index is 0.00000264. The number of halogens is 3. The number of benzene rings is 1. The highest BCUT2D eigenvalue weighted by atomic mass is 35.5. The number of rotatable bonds is 5. The molecular formula is C17H28Cl3N3O. The molecule has 7 heteroatoms. The van der Waals surface area contributed by atoms with Crippen LogP contribution in [0.2, 0.25) is 5.02 Å². The molecule has 1 aliphatic heterocycles. The van der Waals surface area contributed by atoms with Gasteiger partial charge in [-0.1, -0.05) is 30.7 Å². The van der Waals surface area contributed by atoms with E-state index in [-0.39, 0.29) is 36.6 Å². The maximum atomic E-state index is 12.4. The minimum absolute atomic E-state index is 0. The molecule has 1 N–H and O–H groups in total. The monoisotopic (exact) mass is 395 g/mol. The lowest BCUT2D eigenvalue weighted by Gasteiger charge is -2.24. The third-order valence-electron chi connectivity index (χ3n) is 4.15. The fourth-order valence-electron chi connectivity index (χ4n) is 2.90. The predicted molar refractivity (Wildman–Crippen MR) is 106 cm³/mol. The summed E-state index contributed by atoms with van der Waals surface area (Å²) >= 11 is 5.93. The Morgan fingerprint density at radius 3 is 2.46 bits per heavy atom. The van der Waals surface area contributed by atoms with Crippen molar-refractivity contribution >= 4 is 42.3 Å². The first-order chi connectivity index (χ1) is 10.6. The maximum Gasteiger partial charge on any atom is 0.226 e. The molecule has 138 valence electrons. The molecule has 0 aromatic heterocycles. The minimum Gasteiger partial charge on any atom is -0.341 e. The van der Waals surface area contributed by atoms with Crippen molar-refractivity contribution in [1.29, 1.82) is 0 Å². The summed E-state index contributed by atoms with van der Waals surface area (Å²) in [5.41, 5.74) is 1.27. The molecule has 1 fully saturated rings. The first-order valence-corrected chi connectivity index (χ1v) is 8.38. The lowest BCUT2D eigenvalue weighted by Crippen LogP contribution is -2.40. The standard InChI is InChI=1S/C17H26ClN3O.2ClH/c1-14(12-19-2)17(22)21-9-3-8-20(10-11-21)13-15-4-6-16(18)7-5-15;;/h4-7,14,19H,3,8-13H2,1-2H3;2*1H. The topological polar surface area (TPSA) is 35.6 Å². The Kier molecular flexibility index (Phi) is 11.7. The second-order valence-electron chi connectivity index (χ2n) is 6.04. The fraction of sp³-hybridized carbons (Fsp3) is 0.588. The predicted octanol–water partition coefficient (Wildman–Crippen LogP) is 3.07. The van der Waals surface area contributed by atoms with Crippen molar-refractivity contribution in [3.8, 4) is 0 Å². The number of hydrogen-bond acceptors (Lipinski definition) is 3. The third-order valence-corrected chi connectivity index (χ3v) is 4.40. The smallest absolute Gasteiger partial charge is 0.226 e. The highest BCUT2D eigenvalue weighted by Crippen LogP contribution is 2.14. The molecule has 1 heterocycles. The molecule has 4 nitrogen and oxygen atoms in total. The van der Waals surface area contributed by atoms with Gasteiger partial charge in [0.2, 0.25) is 5.91 Å². The van der Waals surface area contributed by atoms with Crippen LogP contribution in [0.25, 0.3) is 0 Å². The Bertz CT molecular complexity index is 484. The van der Waals surface area contributed by atoms with E-state index in [1.807, 2.05) is 31.0 Å². The van der Waals surface area contributed by atoms with Crippen LogP contribution in [-0.4, -0.2) is 55.5 Å². The highest BCUT2D eigenvalue weighted by molar-refractivity contribution is 6.30. The Morgan fingerprint density at radius 1 is 1.17 bits per heavy atom. The van der Waals surface area contributed by atoms with E-state index in [0.29, 0.717) is 0 Å². The summed E-state index contributed by atoms with van der Waals surface area (Å²) in [7, 11) is 1.89. The number of nitrogens with zero attached hydrogens (tertiary/aromatic N) is 2. The van der Waals surface area contributed by atoms with Crippen LogP contribution in [0.4, 0.5) is 0 Å². The van der Waals surface area contributed by atoms with Gasteiger partial charge in [0.25, 0.3) is 0 Å². The summed E-state index contributed by atoms with van der Waals surface area (Å²) in [6.45, 7) is 7.31. The van der Waals surface area contributed by atoms with E-state index in [1.165, 1.54) is 5.56 Å². The molecule has 0 spiro atoms. The molecule has 0 saturated carbocycles. The van der Waals surface area contributed by atoms with Gasteiger partial charge in [-0.3, -0.25) is 9.69 Å². The molecule has 1 aromatic carbocycles. The Morgan fingerprint density at radius 2 is 1.83 bits per heavy atom. The summed E-state index contributed by atoms with van der Waals surface area (Å²) in [4.78, 5) is 16.8. The first-order valence-electron chi connectivity index (χ1n) is 8.00. The summed E-state index contributed by atoms with van der Waals surface area (Å²) < 4.78 is 0. The van der Waals surface area contributed by atoms with Crippen LogP contribution in [0.5, 0.6) is 0 Å². The quantitative estimate of drug-likeness (QED) is 0.831. The average molecular weight is 397 g/mol. The molecule has 24 heavy (non-hydrogen) atoms. The zero-order valence-corrected chi connectivity index (χ0v) is 16.7. The van der Waals surface area contributed by atoms with Crippen molar-refractivity contribution in [2.75, 3.05) is 39.8 Å². The number of carbonyl (C=O) groups is 1. The van der Waals surface area contributed by atoms with Gasteiger partial charge in [0.1, 0.15) is 0 Å². The van der Waals surface area contributed by atoms with E-state index >= 15 is 0 Å². The van der Waals surface area contributed by atoms with Gasteiger partial charge in [-0.25, -0.2) is 0 Å². The van der Waals surface area contributed by atoms with Crippen molar-refractivity contribution in [3.05, 3.63) is 34.9 Å². The molecule has 1 aliphatic rings. The molecule has 1 atom stereocenters. The molecule has 1 saturated heterocycles. The second-order valence-corrected chi connectivity index (χ2v) is 6.48. The highest BCUT2D eigenvalue weighted by Gasteiger charge is 2.22. The zero-order chi connectivity index (χ0) is 15.9. The van der Waals surface area contributed by atoms with Crippen LogP contribution in [0.3, 0.4) is 0 Å². The first kappa shape index (κ1) is 23.5. The second kappa shape index (κ2) is 11.9. The molecule has 0 aliphatic carbocycles. The summed E-state index contributed by atoms with van der Waals surface area (Å²) in [5, 5.41) is 3.85. The lowest BCUT2D eigenvalue weighted by atomic mass is 10.1. The van der Waals surface area contributed by atoms with Crippen LogP contribution in [0, 0.1) is 5.92 Å². The van der Waals surface area contributed by atoms with Crippen LogP contribution in [0.1, 0.15) is 18.9 Å². The summed E-state index contributed by atoms with van der Waals surface area (Å²) in [6.07, 6.45) is 1.03. The maximum absolute atomic E-state index is 12.4. The normalized spacial score (nSPS) is 16.5. The Labute approximate surface area is 162 Å². The number of carbonyl (C=O) groups excluding carboxylic acids is 1. The molecule has 2 rings (SSSR count). The zero-order valence-electron chi connectivity index (χ0n) is 14.3. The molecule has 1 amide bonds. The fourth-order valence-corrected chi connectivity index (χ4v) is 3.03. The molecule has 1 aromatic rings. The van der Waals surface area contributed by atoms with E-state index in [2.05, 4.69) is 22.3 Å². The van der Waals surface area contributed by atoms with Gasteiger partial charge in [-0.15, -0.1) is 24.8 Å². The number of nitrogens with one attached hydrogen (secondary N) is 1. The van der Waals surface area contributed by atoms with Crippen LogP contribution >= 0.6 is 36.4 Å². The van der Waals surface area contributed by atoms with Gasteiger partial charge in [0, 0.05) is 50.2 Å². The molecule has 1 unspecified atom stereocenters. The van der Waals surface area contributed by atoms with Gasteiger partial charge in [0.05, 0.1) is 0 Å². The SMILES string of the molecule is CNCC(C)C(=O)N1CCCN(Cc2ccc(Cl)cc2)CC1.Cl.Cl. The van der Waals surface area contributed by atoms with Crippen LogP contribution < -0.4 is 5.32 Å². The summed E-state index contributed by atoms with van der Waals surface area (Å²) in [5.74, 6) is 0.315. The van der Waals surface area contributed by atoms with Crippen molar-refractivity contribution in [1.82, 2.24) is 15.1 Å². The van der Waals surface area contributed by atoms with E-state index in [0.717, 1.165) is 50.7 Å². The van der Waals surface area contributed by atoms with Crippen LogP contribution in [0.15, 0.2) is 24.3 Å².